The Labute approximate surface area is 235 Å². The van der Waals surface area contributed by atoms with E-state index in [1.54, 1.807) is 49.9 Å². The standard InChI is InChI=1S/C30H39N3O7/c1-19-9-6-7-12-23(19)26(27(36)31-18-25(35)39-5)33(21-10-8-11-21)28(37)24(32-29(38)40-30(2,3)4)17-20-13-15-22(34)16-14-20/h6-7,9,12-16,21,24,26,34H,8,10-11,17-18H2,1-5H3,(H,31,36)(H,32,38). The largest absolute Gasteiger partial charge is 0.508 e. The number of hydrogen-bond donors (Lipinski definition) is 3. The molecule has 216 valence electrons. The van der Waals surface area contributed by atoms with Crippen LogP contribution in [0.2, 0.25) is 0 Å². The highest BCUT2D eigenvalue weighted by Crippen LogP contribution is 2.35. The van der Waals surface area contributed by atoms with Crippen molar-refractivity contribution in [2.24, 2.45) is 0 Å². The molecule has 2 aromatic carbocycles. The number of rotatable bonds is 10. The van der Waals surface area contributed by atoms with Crippen LogP contribution in [0.3, 0.4) is 0 Å². The van der Waals surface area contributed by atoms with Gasteiger partial charge in [0, 0.05) is 12.5 Å². The quantitative estimate of drug-likeness (QED) is 0.383. The molecule has 2 aromatic rings. The van der Waals surface area contributed by atoms with Crippen molar-refractivity contribution in [2.45, 2.75) is 77.1 Å². The number of carbonyl (C=O) groups excluding carboxylic acids is 4. The molecule has 1 saturated carbocycles. The Kier molecular flexibility index (Phi) is 10.1. The van der Waals surface area contributed by atoms with Gasteiger partial charge in [0.05, 0.1) is 7.11 Å². The molecular formula is C30H39N3O7. The normalized spacial score (nSPS) is 14.7. The Balaban J connectivity index is 2.04. The van der Waals surface area contributed by atoms with E-state index >= 15 is 0 Å². The third kappa shape index (κ3) is 8.21. The highest BCUT2D eigenvalue weighted by atomic mass is 16.6. The molecule has 1 fully saturated rings. The van der Waals surface area contributed by atoms with Crippen LogP contribution < -0.4 is 10.6 Å². The number of aromatic hydroxyl groups is 1. The summed E-state index contributed by atoms with van der Waals surface area (Å²) < 4.78 is 10.1. The van der Waals surface area contributed by atoms with E-state index < -0.39 is 41.6 Å². The van der Waals surface area contributed by atoms with E-state index in [-0.39, 0.29) is 24.8 Å². The summed E-state index contributed by atoms with van der Waals surface area (Å²) >= 11 is 0. The summed E-state index contributed by atoms with van der Waals surface area (Å²) in [4.78, 5) is 54.3. The number of esters is 1. The van der Waals surface area contributed by atoms with Crippen molar-refractivity contribution < 1.29 is 33.8 Å². The fraction of sp³-hybridized carbons (Fsp3) is 0.467. The minimum Gasteiger partial charge on any atom is -0.508 e. The first-order chi connectivity index (χ1) is 18.9. The van der Waals surface area contributed by atoms with Crippen LogP contribution in [0.1, 0.15) is 62.8 Å². The average molecular weight is 554 g/mol. The molecule has 0 aromatic heterocycles. The summed E-state index contributed by atoms with van der Waals surface area (Å²) in [6, 6.07) is 11.3. The molecule has 1 aliphatic carbocycles. The summed E-state index contributed by atoms with van der Waals surface area (Å²) in [5.41, 5.74) is 1.32. The van der Waals surface area contributed by atoms with Crippen LogP contribution >= 0.6 is 0 Å². The van der Waals surface area contributed by atoms with Crippen LogP contribution in [-0.2, 0) is 30.3 Å². The van der Waals surface area contributed by atoms with Gasteiger partial charge in [-0.05, 0) is 75.8 Å². The van der Waals surface area contributed by atoms with Gasteiger partial charge < -0.3 is 30.1 Å². The number of alkyl carbamates (subject to hydrolysis) is 1. The second-order valence-electron chi connectivity index (χ2n) is 11.0. The van der Waals surface area contributed by atoms with Gasteiger partial charge in [-0.1, -0.05) is 36.4 Å². The van der Waals surface area contributed by atoms with Gasteiger partial charge in [-0.15, -0.1) is 0 Å². The Morgan fingerprint density at radius 3 is 2.25 bits per heavy atom. The molecule has 40 heavy (non-hydrogen) atoms. The van der Waals surface area contributed by atoms with Crippen LogP contribution in [-0.4, -0.2) is 65.2 Å². The van der Waals surface area contributed by atoms with Crippen molar-refractivity contribution in [3.63, 3.8) is 0 Å². The molecular weight excluding hydrogens is 514 g/mol. The number of hydrogen-bond acceptors (Lipinski definition) is 7. The minimum absolute atomic E-state index is 0.0738. The van der Waals surface area contributed by atoms with Crippen molar-refractivity contribution in [3.05, 3.63) is 65.2 Å². The van der Waals surface area contributed by atoms with Gasteiger partial charge in [-0.25, -0.2) is 4.79 Å². The third-order valence-electron chi connectivity index (χ3n) is 6.73. The maximum atomic E-state index is 14.4. The van der Waals surface area contributed by atoms with Crippen molar-refractivity contribution in [1.82, 2.24) is 15.5 Å². The van der Waals surface area contributed by atoms with Gasteiger partial charge in [0.25, 0.3) is 0 Å². The summed E-state index contributed by atoms with van der Waals surface area (Å²) in [5.74, 6) is -1.52. The van der Waals surface area contributed by atoms with Crippen LogP contribution in [0, 0.1) is 6.92 Å². The summed E-state index contributed by atoms with van der Waals surface area (Å²) in [6.45, 7) is 6.68. The van der Waals surface area contributed by atoms with Crippen LogP contribution in [0.15, 0.2) is 48.5 Å². The van der Waals surface area contributed by atoms with Crippen molar-refractivity contribution >= 4 is 23.9 Å². The van der Waals surface area contributed by atoms with Gasteiger partial charge in [-0.3, -0.25) is 14.4 Å². The van der Waals surface area contributed by atoms with Gasteiger partial charge in [0.15, 0.2) is 0 Å². The molecule has 0 saturated heterocycles. The van der Waals surface area contributed by atoms with E-state index in [9.17, 15) is 24.3 Å². The predicted molar refractivity (Wildman–Crippen MR) is 148 cm³/mol. The van der Waals surface area contributed by atoms with Gasteiger partial charge >= 0.3 is 12.1 Å². The third-order valence-corrected chi connectivity index (χ3v) is 6.73. The number of amides is 3. The number of phenols is 1. The maximum absolute atomic E-state index is 14.4. The number of aryl methyl sites for hydroxylation is 1. The van der Waals surface area contributed by atoms with E-state index in [0.717, 1.165) is 12.0 Å². The summed E-state index contributed by atoms with van der Waals surface area (Å²) in [6.07, 6.45) is 1.61. The molecule has 3 rings (SSSR count). The number of nitrogens with one attached hydrogen (secondary N) is 2. The number of carbonyl (C=O) groups is 4. The van der Waals surface area contributed by atoms with Gasteiger partial charge in [0.2, 0.25) is 11.8 Å². The molecule has 0 heterocycles. The zero-order chi connectivity index (χ0) is 29.4. The highest BCUT2D eigenvalue weighted by Gasteiger charge is 2.42. The zero-order valence-electron chi connectivity index (χ0n) is 23.7. The molecule has 0 spiro atoms. The lowest BCUT2D eigenvalue weighted by Gasteiger charge is -2.44. The lowest BCUT2D eigenvalue weighted by Crippen LogP contribution is -2.58. The van der Waals surface area contributed by atoms with Crippen LogP contribution in [0.25, 0.3) is 0 Å². The van der Waals surface area contributed by atoms with Crippen molar-refractivity contribution in [2.75, 3.05) is 13.7 Å². The Morgan fingerprint density at radius 1 is 1.05 bits per heavy atom. The smallest absolute Gasteiger partial charge is 0.408 e. The number of phenolic OH excluding ortho intramolecular Hbond substituents is 1. The molecule has 1 aliphatic rings. The summed E-state index contributed by atoms with van der Waals surface area (Å²) in [5, 5.41) is 15.1. The molecule has 0 radical (unpaired) electrons. The zero-order valence-corrected chi connectivity index (χ0v) is 23.7. The number of methoxy groups -OCH3 is 1. The van der Waals surface area contributed by atoms with Crippen molar-refractivity contribution in [1.29, 1.82) is 0 Å². The molecule has 10 heteroatoms. The Hall–Kier alpha value is -4.08. The monoisotopic (exact) mass is 553 g/mol. The first-order valence-corrected chi connectivity index (χ1v) is 13.4. The number of ether oxygens (including phenoxy) is 2. The Morgan fingerprint density at radius 2 is 1.70 bits per heavy atom. The SMILES string of the molecule is COC(=O)CNC(=O)C(c1ccccc1C)N(C(=O)C(Cc1ccc(O)cc1)NC(=O)OC(C)(C)C)C1CCC1. The second kappa shape index (κ2) is 13.3. The molecule has 0 bridgehead atoms. The fourth-order valence-corrected chi connectivity index (χ4v) is 4.52. The summed E-state index contributed by atoms with van der Waals surface area (Å²) in [7, 11) is 1.23. The van der Waals surface area contributed by atoms with Gasteiger partial charge in [-0.2, -0.15) is 0 Å². The lowest BCUT2D eigenvalue weighted by molar-refractivity contribution is -0.148. The first-order valence-electron chi connectivity index (χ1n) is 13.4. The van der Waals surface area contributed by atoms with E-state index in [1.807, 2.05) is 19.1 Å². The van der Waals surface area contributed by atoms with Crippen LogP contribution in [0.4, 0.5) is 4.79 Å². The number of benzene rings is 2. The second-order valence-corrected chi connectivity index (χ2v) is 11.0. The molecule has 2 unspecified atom stereocenters. The van der Waals surface area contributed by atoms with Crippen LogP contribution in [0.5, 0.6) is 5.75 Å². The molecule has 3 amide bonds. The molecule has 0 aliphatic heterocycles. The number of nitrogens with zero attached hydrogens (tertiary/aromatic N) is 1. The Bertz CT molecular complexity index is 1200. The topological polar surface area (TPSA) is 134 Å². The van der Waals surface area contributed by atoms with E-state index in [1.165, 1.54) is 19.2 Å². The van der Waals surface area contributed by atoms with E-state index in [2.05, 4.69) is 15.4 Å². The van der Waals surface area contributed by atoms with E-state index in [4.69, 9.17) is 4.74 Å². The maximum Gasteiger partial charge on any atom is 0.408 e. The lowest BCUT2D eigenvalue weighted by atomic mass is 9.87. The fourth-order valence-electron chi connectivity index (χ4n) is 4.52. The predicted octanol–water partition coefficient (Wildman–Crippen LogP) is 3.55. The van der Waals surface area contributed by atoms with E-state index in [0.29, 0.717) is 24.0 Å². The average Bonchev–Trinajstić information content (AvgIpc) is 2.86. The minimum atomic E-state index is -1.07. The molecule has 2 atom stereocenters. The first kappa shape index (κ1) is 30.5. The van der Waals surface area contributed by atoms with Gasteiger partial charge in [0.1, 0.15) is 30.0 Å². The van der Waals surface area contributed by atoms with Crippen molar-refractivity contribution in [3.8, 4) is 5.75 Å². The highest BCUT2D eigenvalue weighted by molar-refractivity contribution is 5.93. The molecule has 10 nitrogen and oxygen atoms in total. The molecule has 3 N–H and O–H groups in total.